The molecule has 0 spiro atoms. The predicted molar refractivity (Wildman–Crippen MR) is 80.0 cm³/mol. The maximum Gasteiger partial charge on any atom is 0.156 e. The fourth-order valence-corrected chi connectivity index (χ4v) is 4.95. The SMILES string of the molecule is CCC(C)(C)C1CCC(C#N)C(S(=O)(=O)CCOC)C1. The number of methoxy groups -OCH3 is 1. The van der Waals surface area contributed by atoms with E-state index in [1.807, 2.05) is 0 Å². The summed E-state index contributed by atoms with van der Waals surface area (Å²) in [5.74, 6) is 0.0335. The second kappa shape index (κ2) is 6.91. The number of rotatable bonds is 6. The molecule has 20 heavy (non-hydrogen) atoms. The van der Waals surface area contributed by atoms with Crippen molar-refractivity contribution in [1.82, 2.24) is 0 Å². The van der Waals surface area contributed by atoms with Crippen molar-refractivity contribution in [1.29, 1.82) is 5.26 Å². The summed E-state index contributed by atoms with van der Waals surface area (Å²) in [6.45, 7) is 6.75. The van der Waals surface area contributed by atoms with Crippen LogP contribution >= 0.6 is 0 Å². The van der Waals surface area contributed by atoms with Crippen LogP contribution in [0, 0.1) is 28.6 Å². The zero-order valence-electron chi connectivity index (χ0n) is 13.1. The minimum absolute atomic E-state index is 0.0195. The Kier molecular flexibility index (Phi) is 6.03. The maximum atomic E-state index is 12.4. The molecule has 1 aliphatic rings. The number of hydrogen-bond donors (Lipinski definition) is 0. The Morgan fingerprint density at radius 3 is 2.50 bits per heavy atom. The van der Waals surface area contributed by atoms with Gasteiger partial charge >= 0.3 is 0 Å². The van der Waals surface area contributed by atoms with Crippen LogP contribution in [0.1, 0.15) is 46.5 Å². The molecule has 116 valence electrons. The standard InChI is InChI=1S/C15H27NO3S/c1-5-15(2,3)13-7-6-12(11-16)14(10-13)20(17,18)9-8-19-4/h12-14H,5-10H2,1-4H3. The predicted octanol–water partition coefficient (Wildman–Crippen LogP) is 2.79. The lowest BCUT2D eigenvalue weighted by Crippen LogP contribution is -2.41. The molecule has 1 fully saturated rings. The van der Waals surface area contributed by atoms with Gasteiger partial charge in [-0.3, -0.25) is 0 Å². The van der Waals surface area contributed by atoms with Crippen LogP contribution in [0.4, 0.5) is 0 Å². The first kappa shape index (κ1) is 17.5. The van der Waals surface area contributed by atoms with Crippen molar-refractivity contribution in [2.24, 2.45) is 17.3 Å². The van der Waals surface area contributed by atoms with E-state index in [2.05, 4.69) is 26.8 Å². The molecule has 1 saturated carbocycles. The fourth-order valence-electron chi connectivity index (χ4n) is 3.02. The highest BCUT2D eigenvalue weighted by Crippen LogP contribution is 2.44. The van der Waals surface area contributed by atoms with Gasteiger partial charge < -0.3 is 4.74 Å². The summed E-state index contributed by atoms with van der Waals surface area (Å²) in [7, 11) is -1.75. The van der Waals surface area contributed by atoms with Gasteiger partial charge in [0.15, 0.2) is 9.84 Å². The first-order valence-electron chi connectivity index (χ1n) is 7.38. The van der Waals surface area contributed by atoms with Gasteiger partial charge in [0.05, 0.1) is 29.6 Å². The van der Waals surface area contributed by atoms with Crippen LogP contribution < -0.4 is 0 Å². The number of nitrogens with zero attached hydrogens (tertiary/aromatic N) is 1. The molecule has 0 aromatic carbocycles. The Bertz CT molecular complexity index is 450. The molecular formula is C15H27NO3S. The Morgan fingerprint density at radius 1 is 1.35 bits per heavy atom. The third kappa shape index (κ3) is 3.95. The van der Waals surface area contributed by atoms with Crippen molar-refractivity contribution < 1.29 is 13.2 Å². The molecule has 0 heterocycles. The molecule has 0 aliphatic heterocycles. The molecule has 4 nitrogen and oxygen atoms in total. The van der Waals surface area contributed by atoms with Crippen LogP contribution in [0.2, 0.25) is 0 Å². The summed E-state index contributed by atoms with van der Waals surface area (Å²) in [6.07, 6.45) is 3.29. The molecule has 5 heteroatoms. The molecule has 0 N–H and O–H groups in total. The lowest BCUT2D eigenvalue weighted by atomic mass is 9.67. The Labute approximate surface area is 123 Å². The lowest BCUT2D eigenvalue weighted by molar-refractivity contribution is 0.141. The van der Waals surface area contributed by atoms with E-state index in [0.29, 0.717) is 18.8 Å². The molecule has 3 unspecified atom stereocenters. The fraction of sp³-hybridized carbons (Fsp3) is 0.933. The minimum atomic E-state index is -3.26. The van der Waals surface area contributed by atoms with Gasteiger partial charge in [0.2, 0.25) is 0 Å². The van der Waals surface area contributed by atoms with Crippen LogP contribution in [-0.4, -0.2) is 33.1 Å². The first-order chi connectivity index (χ1) is 9.28. The molecule has 0 bridgehead atoms. The van der Waals surface area contributed by atoms with E-state index in [4.69, 9.17) is 4.74 Å². The van der Waals surface area contributed by atoms with Gasteiger partial charge in [0, 0.05) is 7.11 Å². The van der Waals surface area contributed by atoms with Crippen LogP contribution in [0.3, 0.4) is 0 Å². The van der Waals surface area contributed by atoms with Gasteiger partial charge in [-0.25, -0.2) is 8.42 Å². The van der Waals surface area contributed by atoms with Crippen molar-refractivity contribution in [2.45, 2.75) is 51.7 Å². The number of sulfone groups is 1. The normalized spacial score (nSPS) is 28.1. The molecular weight excluding hydrogens is 274 g/mol. The van der Waals surface area contributed by atoms with Crippen molar-refractivity contribution in [2.75, 3.05) is 19.5 Å². The highest BCUT2D eigenvalue weighted by Gasteiger charge is 2.42. The third-order valence-corrected chi connectivity index (χ3v) is 7.19. The average molecular weight is 301 g/mol. The zero-order valence-corrected chi connectivity index (χ0v) is 13.9. The van der Waals surface area contributed by atoms with Gasteiger partial charge in [-0.05, 0) is 30.6 Å². The van der Waals surface area contributed by atoms with Crippen LogP contribution in [0.5, 0.6) is 0 Å². The summed E-state index contributed by atoms with van der Waals surface area (Å²) in [5, 5.41) is 8.73. The highest BCUT2D eigenvalue weighted by atomic mass is 32.2. The second-order valence-corrected chi connectivity index (χ2v) is 8.83. The van der Waals surface area contributed by atoms with Crippen LogP contribution in [0.25, 0.3) is 0 Å². The van der Waals surface area contributed by atoms with E-state index in [-0.39, 0.29) is 23.7 Å². The van der Waals surface area contributed by atoms with E-state index in [9.17, 15) is 13.7 Å². The Morgan fingerprint density at radius 2 is 2.00 bits per heavy atom. The van der Waals surface area contributed by atoms with Gasteiger partial charge in [0.25, 0.3) is 0 Å². The Hall–Kier alpha value is -0.600. The van der Waals surface area contributed by atoms with Crippen molar-refractivity contribution >= 4 is 9.84 Å². The van der Waals surface area contributed by atoms with E-state index in [0.717, 1.165) is 12.8 Å². The second-order valence-electron chi connectivity index (χ2n) is 6.49. The van der Waals surface area contributed by atoms with E-state index in [1.165, 1.54) is 7.11 Å². The summed E-state index contributed by atoms with van der Waals surface area (Å²) in [6, 6.07) is 2.21. The van der Waals surface area contributed by atoms with Crippen molar-refractivity contribution in [3.63, 3.8) is 0 Å². The summed E-state index contributed by atoms with van der Waals surface area (Å²) in [5.41, 5.74) is 0.134. The molecule has 3 atom stereocenters. The van der Waals surface area contributed by atoms with Crippen molar-refractivity contribution in [3.8, 4) is 6.07 Å². The molecule has 0 saturated heterocycles. The van der Waals surface area contributed by atoms with Gasteiger partial charge in [0.1, 0.15) is 0 Å². The maximum absolute atomic E-state index is 12.4. The molecule has 0 amide bonds. The molecule has 0 aromatic heterocycles. The van der Waals surface area contributed by atoms with Crippen LogP contribution in [-0.2, 0) is 14.6 Å². The first-order valence-corrected chi connectivity index (χ1v) is 9.10. The molecule has 1 aliphatic carbocycles. The quantitative estimate of drug-likeness (QED) is 0.756. The number of hydrogen-bond acceptors (Lipinski definition) is 4. The van der Waals surface area contributed by atoms with Gasteiger partial charge in [-0.1, -0.05) is 27.2 Å². The van der Waals surface area contributed by atoms with E-state index in [1.54, 1.807) is 0 Å². The number of nitriles is 1. The van der Waals surface area contributed by atoms with E-state index < -0.39 is 15.1 Å². The minimum Gasteiger partial charge on any atom is -0.384 e. The van der Waals surface area contributed by atoms with Crippen molar-refractivity contribution in [3.05, 3.63) is 0 Å². The number of ether oxygens (including phenoxy) is 1. The van der Waals surface area contributed by atoms with Crippen LogP contribution in [0.15, 0.2) is 0 Å². The monoisotopic (exact) mass is 301 g/mol. The molecule has 0 aromatic rings. The largest absolute Gasteiger partial charge is 0.384 e. The molecule has 1 rings (SSSR count). The van der Waals surface area contributed by atoms with E-state index >= 15 is 0 Å². The summed E-state index contributed by atoms with van der Waals surface area (Å²) < 4.78 is 29.8. The summed E-state index contributed by atoms with van der Waals surface area (Å²) >= 11 is 0. The Balaban J connectivity index is 2.92. The molecule has 0 radical (unpaired) electrons. The smallest absolute Gasteiger partial charge is 0.156 e. The third-order valence-electron chi connectivity index (χ3n) is 5.01. The van der Waals surface area contributed by atoms with Gasteiger partial charge in [-0.15, -0.1) is 0 Å². The zero-order chi connectivity index (χ0) is 15.4. The average Bonchev–Trinajstić information content (AvgIpc) is 2.44. The highest BCUT2D eigenvalue weighted by molar-refractivity contribution is 7.92. The lowest BCUT2D eigenvalue weighted by Gasteiger charge is -2.41. The summed E-state index contributed by atoms with van der Waals surface area (Å²) in [4.78, 5) is 0. The van der Waals surface area contributed by atoms with Gasteiger partial charge in [-0.2, -0.15) is 5.26 Å². The topological polar surface area (TPSA) is 67.2 Å².